The second kappa shape index (κ2) is 6.44. The molecule has 1 aromatic heterocycles. The van der Waals surface area contributed by atoms with Crippen LogP contribution in [0.25, 0.3) is 0 Å². The number of aromatic nitrogens is 1. The van der Waals surface area contributed by atoms with Crippen molar-refractivity contribution in [1.29, 1.82) is 0 Å². The lowest BCUT2D eigenvalue weighted by Gasteiger charge is -2.09. The van der Waals surface area contributed by atoms with Gasteiger partial charge in [0.1, 0.15) is 11.8 Å². The van der Waals surface area contributed by atoms with Gasteiger partial charge in [0.2, 0.25) is 6.10 Å². The topological polar surface area (TPSA) is 94.7 Å². The predicted molar refractivity (Wildman–Crippen MR) is 80.2 cm³/mol. The van der Waals surface area contributed by atoms with Crippen molar-refractivity contribution in [2.24, 2.45) is 0 Å². The first-order valence-corrected chi connectivity index (χ1v) is 7.52. The summed E-state index contributed by atoms with van der Waals surface area (Å²) in [6.45, 7) is 8.53. The maximum atomic E-state index is 12.3. The fourth-order valence-electron chi connectivity index (χ4n) is 2.54. The van der Waals surface area contributed by atoms with Crippen LogP contribution in [0.1, 0.15) is 59.3 Å². The third-order valence-corrected chi connectivity index (χ3v) is 3.56. The molecule has 2 atom stereocenters. The zero-order valence-electron chi connectivity index (χ0n) is 13.9. The molecule has 1 N–H and O–H groups in total. The van der Waals surface area contributed by atoms with Gasteiger partial charge in [-0.2, -0.15) is 0 Å². The van der Waals surface area contributed by atoms with Gasteiger partial charge in [-0.15, -0.1) is 0 Å². The maximum absolute atomic E-state index is 12.3. The molecule has 1 fully saturated rings. The van der Waals surface area contributed by atoms with Crippen LogP contribution < -0.4 is 0 Å². The van der Waals surface area contributed by atoms with E-state index in [1.165, 1.54) is 0 Å². The molecule has 0 spiro atoms. The second-order valence-corrected chi connectivity index (χ2v) is 5.96. The van der Waals surface area contributed by atoms with Gasteiger partial charge in [0.15, 0.2) is 0 Å². The third-order valence-electron chi connectivity index (χ3n) is 3.56. The standard InChI is InChI=1S/C16H21NO6/c1-7(2)21-15(19)12-9(4)13(17-10(12)5)16(20)23-11-6-8(3)22-14(11)18/h7-8,11,17H,6H2,1-5H3/t8-,11-/m0/s1. The molecular formula is C16H21NO6. The molecule has 126 valence electrons. The zero-order chi connectivity index (χ0) is 17.3. The molecule has 0 amide bonds. The molecule has 2 heterocycles. The van der Waals surface area contributed by atoms with Crippen LogP contribution in [-0.4, -0.2) is 41.2 Å². The molecule has 2 rings (SSSR count). The summed E-state index contributed by atoms with van der Waals surface area (Å²) in [7, 11) is 0. The Morgan fingerprint density at radius 2 is 1.91 bits per heavy atom. The molecule has 1 aliphatic rings. The Bertz CT molecular complexity index is 645. The van der Waals surface area contributed by atoms with Crippen LogP contribution in [-0.2, 0) is 19.0 Å². The summed E-state index contributed by atoms with van der Waals surface area (Å²) in [4.78, 5) is 38.8. The number of esters is 3. The predicted octanol–water partition coefficient (Wildman–Crippen LogP) is 2.06. The van der Waals surface area contributed by atoms with Crippen molar-refractivity contribution in [3.05, 3.63) is 22.5 Å². The van der Waals surface area contributed by atoms with E-state index in [9.17, 15) is 14.4 Å². The van der Waals surface area contributed by atoms with Crippen LogP contribution in [0.15, 0.2) is 0 Å². The molecular weight excluding hydrogens is 302 g/mol. The van der Waals surface area contributed by atoms with E-state index in [0.29, 0.717) is 23.2 Å². The highest BCUT2D eigenvalue weighted by molar-refractivity contribution is 5.99. The van der Waals surface area contributed by atoms with Crippen molar-refractivity contribution in [3.63, 3.8) is 0 Å². The monoisotopic (exact) mass is 323 g/mol. The lowest BCUT2D eigenvalue weighted by atomic mass is 10.1. The largest absolute Gasteiger partial charge is 0.460 e. The van der Waals surface area contributed by atoms with Gasteiger partial charge in [-0.1, -0.05) is 0 Å². The second-order valence-electron chi connectivity index (χ2n) is 5.96. The lowest BCUT2D eigenvalue weighted by Crippen LogP contribution is -2.23. The van der Waals surface area contributed by atoms with Gasteiger partial charge >= 0.3 is 17.9 Å². The van der Waals surface area contributed by atoms with E-state index in [1.54, 1.807) is 34.6 Å². The van der Waals surface area contributed by atoms with Crippen molar-refractivity contribution < 1.29 is 28.6 Å². The van der Waals surface area contributed by atoms with Crippen molar-refractivity contribution in [3.8, 4) is 0 Å². The number of hydrogen-bond acceptors (Lipinski definition) is 6. The summed E-state index contributed by atoms with van der Waals surface area (Å²) in [5.74, 6) is -1.74. The van der Waals surface area contributed by atoms with Crippen LogP contribution in [0.2, 0.25) is 0 Å². The minimum Gasteiger partial charge on any atom is -0.460 e. The van der Waals surface area contributed by atoms with E-state index < -0.39 is 24.0 Å². The van der Waals surface area contributed by atoms with Crippen LogP contribution in [0.4, 0.5) is 0 Å². The summed E-state index contributed by atoms with van der Waals surface area (Å²) in [6.07, 6.45) is -1.12. The van der Waals surface area contributed by atoms with Crippen LogP contribution in [0, 0.1) is 13.8 Å². The van der Waals surface area contributed by atoms with Crippen molar-refractivity contribution in [1.82, 2.24) is 4.98 Å². The number of aromatic amines is 1. The number of rotatable bonds is 4. The van der Waals surface area contributed by atoms with E-state index in [1.807, 2.05) is 0 Å². The van der Waals surface area contributed by atoms with Gasteiger partial charge in [0.25, 0.3) is 0 Å². The average molecular weight is 323 g/mol. The molecule has 0 saturated carbocycles. The van der Waals surface area contributed by atoms with Gasteiger partial charge in [-0.3, -0.25) is 0 Å². The highest BCUT2D eigenvalue weighted by Crippen LogP contribution is 2.23. The third kappa shape index (κ3) is 3.55. The number of carbonyl (C=O) groups is 3. The maximum Gasteiger partial charge on any atom is 0.355 e. The Morgan fingerprint density at radius 1 is 1.26 bits per heavy atom. The first-order chi connectivity index (χ1) is 10.7. The fraction of sp³-hybridized carbons (Fsp3) is 0.562. The van der Waals surface area contributed by atoms with Gasteiger partial charge in [0, 0.05) is 12.1 Å². The minimum atomic E-state index is -0.911. The first kappa shape index (κ1) is 17.1. The molecule has 1 saturated heterocycles. The minimum absolute atomic E-state index is 0.144. The van der Waals surface area contributed by atoms with Gasteiger partial charge < -0.3 is 19.2 Å². The van der Waals surface area contributed by atoms with E-state index in [0.717, 1.165) is 0 Å². The summed E-state index contributed by atoms with van der Waals surface area (Å²) < 4.78 is 15.3. The van der Waals surface area contributed by atoms with Crippen molar-refractivity contribution in [2.75, 3.05) is 0 Å². The fourth-order valence-corrected chi connectivity index (χ4v) is 2.54. The summed E-state index contributed by atoms with van der Waals surface area (Å²) in [5, 5.41) is 0. The molecule has 7 heteroatoms. The SMILES string of the molecule is Cc1[nH]c(C(=O)O[C@H]2C[C@H](C)OC2=O)c(C)c1C(=O)OC(C)C. The van der Waals surface area contributed by atoms with E-state index in [4.69, 9.17) is 14.2 Å². The molecule has 0 radical (unpaired) electrons. The number of nitrogens with one attached hydrogen (secondary N) is 1. The molecule has 0 bridgehead atoms. The molecule has 1 aliphatic heterocycles. The normalized spacial score (nSPS) is 20.5. The van der Waals surface area contributed by atoms with E-state index in [-0.39, 0.29) is 17.9 Å². The average Bonchev–Trinajstić information content (AvgIpc) is 2.88. The quantitative estimate of drug-likeness (QED) is 0.673. The summed E-state index contributed by atoms with van der Waals surface area (Å²) in [6, 6.07) is 0. The summed E-state index contributed by atoms with van der Waals surface area (Å²) in [5.41, 5.74) is 1.42. The van der Waals surface area contributed by atoms with Crippen LogP contribution in [0.5, 0.6) is 0 Å². The highest BCUT2D eigenvalue weighted by atomic mass is 16.6. The summed E-state index contributed by atoms with van der Waals surface area (Å²) >= 11 is 0. The number of H-pyrrole nitrogens is 1. The molecule has 1 aromatic rings. The number of cyclic esters (lactones) is 1. The first-order valence-electron chi connectivity index (χ1n) is 7.52. The van der Waals surface area contributed by atoms with E-state index in [2.05, 4.69) is 4.98 Å². The molecule has 0 unspecified atom stereocenters. The number of aryl methyl sites for hydroxylation is 1. The lowest BCUT2D eigenvalue weighted by molar-refractivity contribution is -0.147. The molecule has 7 nitrogen and oxygen atoms in total. The smallest absolute Gasteiger partial charge is 0.355 e. The van der Waals surface area contributed by atoms with Crippen molar-refractivity contribution >= 4 is 17.9 Å². The number of ether oxygens (including phenoxy) is 3. The zero-order valence-corrected chi connectivity index (χ0v) is 13.9. The molecule has 23 heavy (non-hydrogen) atoms. The molecule has 0 aliphatic carbocycles. The van der Waals surface area contributed by atoms with Crippen LogP contribution >= 0.6 is 0 Å². The Kier molecular flexibility index (Phi) is 4.77. The number of carbonyl (C=O) groups excluding carboxylic acids is 3. The van der Waals surface area contributed by atoms with Crippen LogP contribution in [0.3, 0.4) is 0 Å². The molecule has 0 aromatic carbocycles. The Balaban J connectivity index is 2.19. The highest BCUT2D eigenvalue weighted by Gasteiger charge is 2.36. The van der Waals surface area contributed by atoms with Crippen molar-refractivity contribution in [2.45, 2.75) is 59.4 Å². The Hall–Kier alpha value is -2.31. The Labute approximate surface area is 134 Å². The van der Waals surface area contributed by atoms with E-state index >= 15 is 0 Å². The van der Waals surface area contributed by atoms with Gasteiger partial charge in [0.05, 0.1) is 11.7 Å². The Morgan fingerprint density at radius 3 is 2.43 bits per heavy atom. The van der Waals surface area contributed by atoms with Gasteiger partial charge in [-0.05, 0) is 40.2 Å². The number of hydrogen-bond donors (Lipinski definition) is 1. The van der Waals surface area contributed by atoms with Gasteiger partial charge in [-0.25, -0.2) is 14.4 Å².